The van der Waals surface area contributed by atoms with Crippen molar-refractivity contribution in [2.24, 2.45) is 0 Å². The molecule has 0 unspecified atom stereocenters. The number of ether oxygens (including phenoxy) is 2. The van der Waals surface area contributed by atoms with Gasteiger partial charge < -0.3 is 19.2 Å². The van der Waals surface area contributed by atoms with Gasteiger partial charge in [-0.05, 0) is 50.2 Å². The van der Waals surface area contributed by atoms with Crippen LogP contribution in [0.3, 0.4) is 0 Å². The molecule has 0 aliphatic rings. The van der Waals surface area contributed by atoms with Gasteiger partial charge in [-0.2, -0.15) is 4.68 Å². The van der Waals surface area contributed by atoms with E-state index in [1.807, 2.05) is 13.0 Å². The number of hydrogen-bond donors (Lipinski definition) is 1. The number of esters is 1. The predicted molar refractivity (Wildman–Crippen MR) is 108 cm³/mol. The molecular weight excluding hydrogens is 390 g/mol. The largest absolute Gasteiger partial charge is 0.494 e. The first-order valence-corrected chi connectivity index (χ1v) is 9.33. The molecule has 2 aromatic carbocycles. The zero-order valence-electron chi connectivity index (χ0n) is 16.5. The van der Waals surface area contributed by atoms with E-state index in [-0.39, 0.29) is 5.89 Å². The highest BCUT2D eigenvalue weighted by Crippen LogP contribution is 2.16. The third-order valence-electron chi connectivity index (χ3n) is 4.02. The fraction of sp³-hybridized carbons (Fsp3) is 0.238. The third-order valence-corrected chi connectivity index (χ3v) is 4.02. The number of aromatic nitrogens is 2. The molecule has 0 saturated heterocycles. The minimum absolute atomic E-state index is 0.0923. The van der Waals surface area contributed by atoms with E-state index >= 15 is 0 Å². The van der Waals surface area contributed by atoms with Gasteiger partial charge in [-0.15, -0.1) is 5.10 Å². The van der Waals surface area contributed by atoms with E-state index in [1.165, 1.54) is 6.92 Å². The number of carbonyl (C=O) groups excluding carboxylic acids is 2. The van der Waals surface area contributed by atoms with Crippen LogP contribution in [0, 0.1) is 0 Å². The molecule has 1 aromatic heterocycles. The quantitative estimate of drug-likeness (QED) is 0.567. The van der Waals surface area contributed by atoms with Crippen LogP contribution >= 0.6 is 0 Å². The molecule has 1 atom stereocenters. The van der Waals surface area contributed by atoms with Crippen molar-refractivity contribution in [2.45, 2.75) is 26.5 Å². The van der Waals surface area contributed by atoms with Gasteiger partial charge in [0.1, 0.15) is 12.3 Å². The van der Waals surface area contributed by atoms with E-state index in [4.69, 9.17) is 13.9 Å². The van der Waals surface area contributed by atoms with Crippen molar-refractivity contribution in [3.63, 3.8) is 0 Å². The van der Waals surface area contributed by atoms with Gasteiger partial charge in [0.2, 0.25) is 5.89 Å². The number of amides is 1. The highest BCUT2D eigenvalue weighted by molar-refractivity contribution is 5.95. The SMILES string of the molecule is CCOc1ccc(NC(=O)[C@H](C)OC(=O)Cn2nc(-c3ccccc3)oc2=O)cc1. The van der Waals surface area contributed by atoms with E-state index in [2.05, 4.69) is 10.4 Å². The number of benzene rings is 2. The lowest BCUT2D eigenvalue weighted by Gasteiger charge is -2.13. The van der Waals surface area contributed by atoms with Gasteiger partial charge in [-0.25, -0.2) is 4.79 Å². The van der Waals surface area contributed by atoms with Crippen molar-refractivity contribution >= 4 is 17.6 Å². The molecule has 0 spiro atoms. The number of rotatable bonds is 8. The molecule has 0 saturated carbocycles. The Morgan fingerprint density at radius 3 is 2.50 bits per heavy atom. The Hall–Kier alpha value is -3.88. The molecule has 1 heterocycles. The van der Waals surface area contributed by atoms with Crippen molar-refractivity contribution in [2.75, 3.05) is 11.9 Å². The van der Waals surface area contributed by atoms with E-state index < -0.39 is 30.3 Å². The Labute approximate surface area is 172 Å². The van der Waals surface area contributed by atoms with E-state index in [0.29, 0.717) is 23.6 Å². The smallest absolute Gasteiger partial charge is 0.437 e. The summed E-state index contributed by atoms with van der Waals surface area (Å²) in [7, 11) is 0. The number of carbonyl (C=O) groups is 2. The molecule has 156 valence electrons. The maximum Gasteiger partial charge on any atom is 0.437 e. The molecule has 1 amide bonds. The normalized spacial score (nSPS) is 11.5. The molecule has 9 nitrogen and oxygen atoms in total. The first-order valence-electron chi connectivity index (χ1n) is 9.33. The van der Waals surface area contributed by atoms with Gasteiger partial charge in [-0.1, -0.05) is 18.2 Å². The van der Waals surface area contributed by atoms with Gasteiger partial charge in [0.05, 0.1) is 6.61 Å². The van der Waals surface area contributed by atoms with Crippen LogP contribution in [0.2, 0.25) is 0 Å². The predicted octanol–water partition coefficient (Wildman–Crippen LogP) is 2.47. The number of hydrogen-bond acceptors (Lipinski definition) is 7. The molecule has 0 radical (unpaired) electrons. The van der Waals surface area contributed by atoms with E-state index in [0.717, 1.165) is 4.68 Å². The molecular formula is C21H21N3O6. The van der Waals surface area contributed by atoms with Crippen LogP contribution < -0.4 is 15.8 Å². The average molecular weight is 411 g/mol. The summed E-state index contributed by atoms with van der Waals surface area (Å²) in [5.41, 5.74) is 1.14. The number of anilines is 1. The maximum absolute atomic E-state index is 12.2. The van der Waals surface area contributed by atoms with Crippen LogP contribution in [-0.2, 0) is 20.9 Å². The Bertz CT molecular complexity index is 1060. The number of nitrogens with zero attached hydrogens (tertiary/aromatic N) is 2. The molecule has 0 fully saturated rings. The Kier molecular flexibility index (Phi) is 6.63. The zero-order chi connectivity index (χ0) is 21.5. The molecule has 1 N–H and O–H groups in total. The number of nitrogens with one attached hydrogen (secondary N) is 1. The van der Waals surface area contributed by atoms with Crippen LogP contribution in [0.15, 0.2) is 63.8 Å². The van der Waals surface area contributed by atoms with Crippen molar-refractivity contribution in [3.05, 3.63) is 65.1 Å². The van der Waals surface area contributed by atoms with Crippen molar-refractivity contribution in [1.82, 2.24) is 9.78 Å². The summed E-state index contributed by atoms with van der Waals surface area (Å²) in [5.74, 6) is -1.32. The van der Waals surface area contributed by atoms with Crippen LogP contribution in [-0.4, -0.2) is 34.4 Å². The highest BCUT2D eigenvalue weighted by atomic mass is 16.5. The minimum atomic E-state index is -1.07. The fourth-order valence-electron chi connectivity index (χ4n) is 2.56. The van der Waals surface area contributed by atoms with Gasteiger partial charge >= 0.3 is 11.7 Å². The van der Waals surface area contributed by atoms with Crippen LogP contribution in [0.5, 0.6) is 5.75 Å². The minimum Gasteiger partial charge on any atom is -0.494 e. The van der Waals surface area contributed by atoms with Gasteiger partial charge in [-0.3, -0.25) is 9.59 Å². The summed E-state index contributed by atoms with van der Waals surface area (Å²) in [4.78, 5) is 36.3. The zero-order valence-corrected chi connectivity index (χ0v) is 16.5. The average Bonchev–Trinajstić information content (AvgIpc) is 3.10. The Morgan fingerprint density at radius 2 is 1.83 bits per heavy atom. The first kappa shape index (κ1) is 20.8. The summed E-state index contributed by atoms with van der Waals surface area (Å²) in [6.07, 6.45) is -1.07. The summed E-state index contributed by atoms with van der Waals surface area (Å²) >= 11 is 0. The molecule has 9 heteroatoms. The van der Waals surface area contributed by atoms with Gasteiger partial charge in [0.25, 0.3) is 5.91 Å². The second-order valence-corrected chi connectivity index (χ2v) is 6.28. The summed E-state index contributed by atoms with van der Waals surface area (Å²) in [6.45, 7) is 3.38. The Balaban J connectivity index is 1.56. The second kappa shape index (κ2) is 9.55. The molecule has 0 aliphatic heterocycles. The monoisotopic (exact) mass is 411 g/mol. The van der Waals surface area contributed by atoms with Crippen molar-refractivity contribution < 1.29 is 23.5 Å². The van der Waals surface area contributed by atoms with Crippen LogP contribution in [0.4, 0.5) is 5.69 Å². The maximum atomic E-state index is 12.2. The van der Waals surface area contributed by atoms with E-state index in [9.17, 15) is 14.4 Å². The van der Waals surface area contributed by atoms with E-state index in [1.54, 1.807) is 48.5 Å². The van der Waals surface area contributed by atoms with Crippen molar-refractivity contribution in [1.29, 1.82) is 0 Å². The topological polar surface area (TPSA) is 113 Å². The van der Waals surface area contributed by atoms with Crippen LogP contribution in [0.25, 0.3) is 11.5 Å². The molecule has 3 aromatic rings. The van der Waals surface area contributed by atoms with Crippen molar-refractivity contribution in [3.8, 4) is 17.2 Å². The Morgan fingerprint density at radius 1 is 1.13 bits per heavy atom. The highest BCUT2D eigenvalue weighted by Gasteiger charge is 2.20. The van der Waals surface area contributed by atoms with Gasteiger partial charge in [0, 0.05) is 11.3 Å². The summed E-state index contributed by atoms with van der Waals surface area (Å²) in [5, 5.41) is 6.63. The first-order chi connectivity index (χ1) is 14.5. The second-order valence-electron chi connectivity index (χ2n) is 6.28. The standard InChI is InChI=1S/C21H21N3O6/c1-3-28-17-11-9-16(10-12-17)22-19(26)14(2)29-18(25)13-24-21(27)30-20(23-24)15-7-5-4-6-8-15/h4-12,14H,3,13H2,1-2H3,(H,22,26)/t14-/m0/s1. The molecule has 0 aliphatic carbocycles. The summed E-state index contributed by atoms with van der Waals surface area (Å²) < 4.78 is 16.4. The lowest BCUT2D eigenvalue weighted by molar-refractivity contribution is -0.154. The van der Waals surface area contributed by atoms with Crippen LogP contribution in [0.1, 0.15) is 13.8 Å². The fourth-order valence-corrected chi connectivity index (χ4v) is 2.56. The molecule has 30 heavy (non-hydrogen) atoms. The van der Waals surface area contributed by atoms with Gasteiger partial charge in [0.15, 0.2) is 6.10 Å². The lowest BCUT2D eigenvalue weighted by Crippen LogP contribution is -2.32. The lowest BCUT2D eigenvalue weighted by atomic mass is 10.2. The summed E-state index contributed by atoms with van der Waals surface area (Å²) in [6, 6.07) is 15.6. The molecule has 0 bridgehead atoms. The third kappa shape index (κ3) is 5.34. The molecule has 3 rings (SSSR count).